The van der Waals surface area contributed by atoms with Gasteiger partial charge in [-0.25, -0.2) is 4.98 Å². The molecule has 0 bridgehead atoms. The maximum absolute atomic E-state index is 13.7. The van der Waals surface area contributed by atoms with Crippen LogP contribution < -0.4 is 5.56 Å². The molecule has 0 saturated carbocycles. The van der Waals surface area contributed by atoms with Gasteiger partial charge in [-0.1, -0.05) is 31.5 Å². The molecule has 0 aliphatic carbocycles. The van der Waals surface area contributed by atoms with Gasteiger partial charge in [0.05, 0.1) is 16.5 Å². The molecule has 1 saturated heterocycles. The van der Waals surface area contributed by atoms with Crippen LogP contribution in [0.15, 0.2) is 41.2 Å². The first-order chi connectivity index (χ1) is 16.5. The zero-order chi connectivity index (χ0) is 25.5. The van der Waals surface area contributed by atoms with E-state index in [-0.39, 0.29) is 22.1 Å². The lowest BCUT2D eigenvalue weighted by atomic mass is 9.96. The molecule has 1 atom stereocenters. The number of hydrogen-bond donors (Lipinski definition) is 0. The van der Waals surface area contributed by atoms with Gasteiger partial charge in [0, 0.05) is 35.6 Å². The van der Waals surface area contributed by atoms with Crippen molar-refractivity contribution in [3.05, 3.63) is 63.2 Å². The summed E-state index contributed by atoms with van der Waals surface area (Å²) in [6, 6.07) is 8.67. The molecule has 4 nitrogen and oxygen atoms in total. The van der Waals surface area contributed by atoms with Crippen LogP contribution >= 0.6 is 11.6 Å². The standard InChI is InChI=1S/C27H31ClF3N3O/c1-16(2)25-32-24-10-7-19(21-13-20(27(29,30)31)8-9-23(21)28)12-22(24)26(35)34(25)15-18-6-5-11-33(14-18)17(3)4/h7-10,12-13,16-18H,5-6,11,14-15H2,1-4H3/t18-/m0/s1. The topological polar surface area (TPSA) is 38.1 Å². The molecule has 0 unspecified atom stereocenters. The molecule has 1 aliphatic heterocycles. The first-order valence-corrected chi connectivity index (χ1v) is 12.5. The predicted molar refractivity (Wildman–Crippen MR) is 135 cm³/mol. The van der Waals surface area contributed by atoms with Crippen LogP contribution in [0.4, 0.5) is 13.2 Å². The largest absolute Gasteiger partial charge is 0.416 e. The van der Waals surface area contributed by atoms with Crippen LogP contribution in [0.2, 0.25) is 5.02 Å². The third kappa shape index (κ3) is 5.41. The van der Waals surface area contributed by atoms with Crippen LogP contribution in [-0.2, 0) is 12.7 Å². The van der Waals surface area contributed by atoms with Crippen molar-refractivity contribution in [3.63, 3.8) is 0 Å². The van der Waals surface area contributed by atoms with E-state index in [2.05, 4.69) is 18.7 Å². The van der Waals surface area contributed by atoms with Crippen molar-refractivity contribution in [2.45, 2.75) is 65.2 Å². The third-order valence-electron chi connectivity index (χ3n) is 6.83. The molecule has 0 radical (unpaired) electrons. The van der Waals surface area contributed by atoms with Gasteiger partial charge in [-0.2, -0.15) is 13.2 Å². The molecule has 1 fully saturated rings. The van der Waals surface area contributed by atoms with Crippen LogP contribution in [0.5, 0.6) is 0 Å². The zero-order valence-electron chi connectivity index (χ0n) is 20.5. The minimum absolute atomic E-state index is 0.0504. The Kier molecular flexibility index (Phi) is 7.30. The van der Waals surface area contributed by atoms with Crippen molar-refractivity contribution < 1.29 is 13.2 Å². The number of aromatic nitrogens is 2. The summed E-state index contributed by atoms with van der Waals surface area (Å²) in [6.07, 6.45) is -2.35. The van der Waals surface area contributed by atoms with E-state index < -0.39 is 11.7 Å². The fourth-order valence-electron chi connectivity index (χ4n) is 4.92. The minimum Gasteiger partial charge on any atom is -0.301 e. The molecule has 1 aliphatic rings. The van der Waals surface area contributed by atoms with Crippen LogP contribution in [0.3, 0.4) is 0 Å². The number of rotatable bonds is 5. The van der Waals surface area contributed by atoms with Crippen LogP contribution in [0.25, 0.3) is 22.0 Å². The fourth-order valence-corrected chi connectivity index (χ4v) is 5.15. The Morgan fingerprint density at radius 3 is 2.51 bits per heavy atom. The van der Waals surface area contributed by atoms with Gasteiger partial charge in [-0.3, -0.25) is 9.36 Å². The third-order valence-corrected chi connectivity index (χ3v) is 7.16. The summed E-state index contributed by atoms with van der Waals surface area (Å²) in [5.41, 5.74) is 0.288. The Hall–Kier alpha value is -2.38. The monoisotopic (exact) mass is 505 g/mol. The fraction of sp³-hybridized carbons (Fsp3) is 0.481. The van der Waals surface area contributed by atoms with E-state index in [9.17, 15) is 18.0 Å². The normalized spacial score (nSPS) is 17.6. The van der Waals surface area contributed by atoms with Crippen molar-refractivity contribution in [3.8, 4) is 11.1 Å². The Labute approximate surface area is 208 Å². The zero-order valence-corrected chi connectivity index (χ0v) is 21.2. The lowest BCUT2D eigenvalue weighted by Crippen LogP contribution is -2.42. The van der Waals surface area contributed by atoms with Gasteiger partial charge in [0.1, 0.15) is 5.82 Å². The summed E-state index contributed by atoms with van der Waals surface area (Å²) in [5, 5.41) is 0.581. The highest BCUT2D eigenvalue weighted by atomic mass is 35.5. The molecule has 1 aromatic heterocycles. The quantitative estimate of drug-likeness (QED) is 0.375. The molecule has 35 heavy (non-hydrogen) atoms. The van der Waals surface area contributed by atoms with Gasteiger partial charge in [0.2, 0.25) is 0 Å². The molecule has 3 aromatic rings. The van der Waals surface area contributed by atoms with E-state index in [0.717, 1.165) is 43.9 Å². The number of hydrogen-bond acceptors (Lipinski definition) is 3. The maximum Gasteiger partial charge on any atom is 0.416 e. The second-order valence-electron chi connectivity index (χ2n) is 10.1. The van der Waals surface area contributed by atoms with Crippen molar-refractivity contribution in [2.75, 3.05) is 13.1 Å². The lowest BCUT2D eigenvalue weighted by molar-refractivity contribution is -0.137. The van der Waals surface area contributed by atoms with Crippen molar-refractivity contribution in [1.29, 1.82) is 0 Å². The molecule has 188 valence electrons. The van der Waals surface area contributed by atoms with Gasteiger partial charge in [0.15, 0.2) is 0 Å². The van der Waals surface area contributed by atoms with Gasteiger partial charge in [-0.15, -0.1) is 0 Å². The number of piperidine rings is 1. The molecular weight excluding hydrogens is 475 g/mol. The van der Waals surface area contributed by atoms with Crippen LogP contribution in [-0.4, -0.2) is 33.6 Å². The van der Waals surface area contributed by atoms with E-state index in [1.54, 1.807) is 22.8 Å². The molecule has 4 rings (SSSR count). The SMILES string of the molecule is CC(C)c1nc2ccc(-c3cc(C(F)(F)F)ccc3Cl)cc2c(=O)n1C[C@H]1CCCN(C(C)C)C1. The molecular formula is C27H31ClF3N3O. The highest BCUT2D eigenvalue weighted by Gasteiger charge is 2.31. The van der Waals surface area contributed by atoms with Crippen LogP contribution in [0, 0.1) is 5.92 Å². The average Bonchev–Trinajstić information content (AvgIpc) is 2.80. The molecule has 0 amide bonds. The molecule has 2 heterocycles. The van der Waals surface area contributed by atoms with E-state index in [4.69, 9.17) is 16.6 Å². The number of nitrogens with zero attached hydrogens (tertiary/aromatic N) is 3. The van der Waals surface area contributed by atoms with Gasteiger partial charge < -0.3 is 4.90 Å². The van der Waals surface area contributed by atoms with Crippen molar-refractivity contribution in [1.82, 2.24) is 14.5 Å². The van der Waals surface area contributed by atoms with E-state index >= 15 is 0 Å². The lowest BCUT2D eigenvalue weighted by Gasteiger charge is -2.36. The number of fused-ring (bicyclic) bond motifs is 1. The van der Waals surface area contributed by atoms with Crippen LogP contribution in [0.1, 0.15) is 57.8 Å². The molecule has 8 heteroatoms. The number of benzene rings is 2. The van der Waals surface area contributed by atoms with E-state index in [1.807, 2.05) is 13.8 Å². The summed E-state index contributed by atoms with van der Waals surface area (Å²) < 4.78 is 41.7. The van der Waals surface area contributed by atoms with Crippen molar-refractivity contribution >= 4 is 22.5 Å². The summed E-state index contributed by atoms with van der Waals surface area (Å²) in [4.78, 5) is 21.0. The van der Waals surface area contributed by atoms with E-state index in [1.165, 1.54) is 6.07 Å². The minimum atomic E-state index is -4.49. The first-order valence-electron chi connectivity index (χ1n) is 12.1. The second-order valence-corrected chi connectivity index (χ2v) is 10.5. The molecule has 2 aromatic carbocycles. The Morgan fingerprint density at radius 1 is 1.11 bits per heavy atom. The number of likely N-dealkylation sites (tertiary alicyclic amines) is 1. The summed E-state index contributed by atoms with van der Waals surface area (Å²) in [5.74, 6) is 1.12. The highest BCUT2D eigenvalue weighted by molar-refractivity contribution is 6.33. The van der Waals surface area contributed by atoms with Gasteiger partial charge in [-0.05, 0) is 75.0 Å². The van der Waals surface area contributed by atoms with Crippen molar-refractivity contribution in [2.24, 2.45) is 5.92 Å². The number of halogens is 4. The van der Waals surface area contributed by atoms with Gasteiger partial charge >= 0.3 is 6.18 Å². The average molecular weight is 506 g/mol. The Morgan fingerprint density at radius 2 is 1.86 bits per heavy atom. The summed E-state index contributed by atoms with van der Waals surface area (Å²) in [6.45, 7) is 11.0. The second kappa shape index (κ2) is 9.94. The predicted octanol–water partition coefficient (Wildman–Crippen LogP) is 6.98. The highest BCUT2D eigenvalue weighted by Crippen LogP contribution is 2.36. The Bertz CT molecular complexity index is 1280. The number of alkyl halides is 3. The van der Waals surface area contributed by atoms with E-state index in [0.29, 0.717) is 35.0 Å². The Balaban J connectivity index is 1.80. The maximum atomic E-state index is 13.7. The molecule has 0 spiro atoms. The molecule has 0 N–H and O–H groups in total. The first kappa shape index (κ1) is 25.7. The van der Waals surface area contributed by atoms with Gasteiger partial charge in [0.25, 0.3) is 5.56 Å². The summed E-state index contributed by atoms with van der Waals surface area (Å²) in [7, 11) is 0. The summed E-state index contributed by atoms with van der Waals surface area (Å²) >= 11 is 6.27. The smallest absolute Gasteiger partial charge is 0.301 e.